The number of nitrogens with zero attached hydrogens (tertiary/aromatic N) is 1. The van der Waals surface area contributed by atoms with Crippen molar-refractivity contribution in [3.63, 3.8) is 0 Å². The Morgan fingerprint density at radius 1 is 1.46 bits per heavy atom. The van der Waals surface area contributed by atoms with Crippen LogP contribution in [0.25, 0.3) is 0 Å². The van der Waals surface area contributed by atoms with E-state index in [1.807, 2.05) is 0 Å². The van der Waals surface area contributed by atoms with Gasteiger partial charge in [-0.1, -0.05) is 27.5 Å². The topological polar surface area (TPSA) is 102 Å². The molecule has 28 heavy (non-hydrogen) atoms. The quantitative estimate of drug-likeness (QED) is 0.485. The number of alkyl halides is 1. The van der Waals surface area contributed by atoms with Gasteiger partial charge < -0.3 is 10.1 Å². The molecule has 2 heterocycles. The predicted molar refractivity (Wildman–Crippen MR) is 115 cm³/mol. The van der Waals surface area contributed by atoms with E-state index in [0.29, 0.717) is 9.75 Å². The first-order valence-electron chi connectivity index (χ1n) is 8.39. The molecule has 0 aromatic carbocycles. The van der Waals surface area contributed by atoms with E-state index in [1.165, 1.54) is 13.0 Å². The second kappa shape index (κ2) is 8.04. The van der Waals surface area contributed by atoms with E-state index in [4.69, 9.17) is 16.3 Å². The molecule has 1 amide bonds. The van der Waals surface area contributed by atoms with Crippen LogP contribution in [-0.4, -0.2) is 48.1 Å². The first-order chi connectivity index (χ1) is 12.7. The molecule has 0 aliphatic carbocycles. The van der Waals surface area contributed by atoms with Gasteiger partial charge in [-0.15, -0.1) is 11.3 Å². The summed E-state index contributed by atoms with van der Waals surface area (Å²) >= 11 is 10.5. The molecule has 0 saturated carbocycles. The largest absolute Gasteiger partial charge is 0.442 e. The second-order valence-electron chi connectivity index (χ2n) is 7.73. The Hall–Kier alpha value is -0.970. The van der Waals surface area contributed by atoms with Crippen molar-refractivity contribution < 1.29 is 22.7 Å². The Balaban J connectivity index is 2.47. The Morgan fingerprint density at radius 2 is 2.07 bits per heavy atom. The summed E-state index contributed by atoms with van der Waals surface area (Å²) in [6, 6.07) is 1.52. The number of thiophene rings is 1. The van der Waals surface area contributed by atoms with Crippen LogP contribution >= 0.6 is 38.9 Å². The molecule has 1 aliphatic rings. The van der Waals surface area contributed by atoms with Crippen molar-refractivity contribution in [1.82, 2.24) is 5.32 Å². The Kier molecular flexibility index (Phi) is 6.70. The minimum absolute atomic E-state index is 0.0131. The molecule has 1 aliphatic heterocycles. The van der Waals surface area contributed by atoms with Crippen molar-refractivity contribution in [3.8, 4) is 0 Å². The zero-order chi connectivity index (χ0) is 21.5. The molecule has 2 rings (SSSR count). The number of aliphatic imine (C=N–C) groups is 1. The number of hydrogen-bond acceptors (Lipinski definition) is 6. The summed E-state index contributed by atoms with van der Waals surface area (Å²) in [5, 5.41) is 2.46. The molecule has 1 N–H and O–H groups in total. The molecule has 1 unspecified atom stereocenters. The molecule has 1 saturated heterocycles. The van der Waals surface area contributed by atoms with Crippen LogP contribution in [0.1, 0.15) is 49.2 Å². The Morgan fingerprint density at radius 3 is 2.61 bits per heavy atom. The number of ketones is 1. The summed E-state index contributed by atoms with van der Waals surface area (Å²) in [5.74, 6) is -0.422. The summed E-state index contributed by atoms with van der Waals surface area (Å²) < 4.78 is 30.7. The van der Waals surface area contributed by atoms with Gasteiger partial charge >= 0.3 is 6.09 Å². The zero-order valence-electron chi connectivity index (χ0n) is 16.1. The molecule has 11 heteroatoms. The monoisotopic (exact) mass is 512 g/mol. The van der Waals surface area contributed by atoms with Gasteiger partial charge in [-0.25, -0.2) is 13.2 Å². The molecule has 7 nitrogen and oxygen atoms in total. The van der Waals surface area contributed by atoms with Crippen LogP contribution in [0, 0.1) is 0 Å². The first kappa shape index (κ1) is 23.3. The third-order valence-electron chi connectivity index (χ3n) is 4.01. The lowest BCUT2D eigenvalue weighted by Gasteiger charge is -2.38. The number of sulfone groups is 1. The van der Waals surface area contributed by atoms with Crippen molar-refractivity contribution in [2.24, 2.45) is 4.99 Å². The summed E-state index contributed by atoms with van der Waals surface area (Å²) in [6.45, 7) is 8.19. The van der Waals surface area contributed by atoms with Gasteiger partial charge in [0, 0.05) is 0 Å². The molecule has 0 radical (unpaired) electrons. The highest BCUT2D eigenvalue weighted by atomic mass is 79.9. The van der Waals surface area contributed by atoms with Gasteiger partial charge in [0.15, 0.2) is 15.6 Å². The molecule has 2 atom stereocenters. The fourth-order valence-corrected chi connectivity index (χ4v) is 6.58. The molecule has 1 aromatic heterocycles. The number of rotatable bonds is 3. The third kappa shape index (κ3) is 5.14. The van der Waals surface area contributed by atoms with E-state index in [1.54, 1.807) is 27.7 Å². The SMILES string of the molecule is CC1/C(=N\C(=O)OC(C)(C)C)N[C@](C)(c2sc(C(=O)CBr)cc2Cl)CS1(=O)=O. The minimum atomic E-state index is -3.64. The number of amidine groups is 1. The average Bonchev–Trinajstić information content (AvgIpc) is 2.92. The van der Waals surface area contributed by atoms with Crippen LogP contribution in [0.3, 0.4) is 0 Å². The molecule has 1 aromatic rings. The zero-order valence-corrected chi connectivity index (χ0v) is 20.1. The van der Waals surface area contributed by atoms with Crippen LogP contribution in [-0.2, 0) is 20.1 Å². The number of Topliss-reactive ketones (excluding diaryl/α,β-unsaturated/α-hetero) is 1. The van der Waals surface area contributed by atoms with Gasteiger partial charge in [0.2, 0.25) is 0 Å². The summed E-state index contributed by atoms with van der Waals surface area (Å²) in [6.07, 6.45) is -0.881. The van der Waals surface area contributed by atoms with Gasteiger partial charge in [0.25, 0.3) is 0 Å². The second-order valence-corrected chi connectivity index (χ2v) is 12.1. The number of carbonyl (C=O) groups excluding carboxylic acids is 2. The lowest BCUT2D eigenvalue weighted by atomic mass is 10.0. The van der Waals surface area contributed by atoms with E-state index in [-0.39, 0.29) is 27.7 Å². The van der Waals surface area contributed by atoms with Gasteiger partial charge in [-0.3, -0.25) is 4.79 Å². The van der Waals surface area contributed by atoms with E-state index in [2.05, 4.69) is 26.2 Å². The van der Waals surface area contributed by atoms with E-state index in [0.717, 1.165) is 11.3 Å². The Labute approximate surface area is 181 Å². The molecular formula is C17H22BrClN2O5S2. The molecular weight excluding hydrogens is 492 g/mol. The number of halogens is 2. The summed E-state index contributed by atoms with van der Waals surface area (Å²) in [4.78, 5) is 28.9. The molecule has 0 bridgehead atoms. The Bertz CT molecular complexity index is 936. The summed E-state index contributed by atoms with van der Waals surface area (Å²) in [5.41, 5.74) is -1.90. The minimum Gasteiger partial charge on any atom is -0.442 e. The van der Waals surface area contributed by atoms with Crippen LogP contribution in [0.15, 0.2) is 11.1 Å². The highest BCUT2D eigenvalue weighted by Crippen LogP contribution is 2.39. The highest BCUT2D eigenvalue weighted by molar-refractivity contribution is 9.09. The normalized spacial score (nSPS) is 26.0. The maximum absolute atomic E-state index is 12.8. The first-order valence-corrected chi connectivity index (χ1v) is 12.4. The van der Waals surface area contributed by atoms with Crippen molar-refractivity contribution in [2.75, 3.05) is 11.1 Å². The highest BCUT2D eigenvalue weighted by Gasteiger charge is 2.46. The smallest absolute Gasteiger partial charge is 0.435 e. The fourth-order valence-electron chi connectivity index (χ4n) is 2.69. The van der Waals surface area contributed by atoms with Crippen molar-refractivity contribution in [3.05, 3.63) is 20.8 Å². The van der Waals surface area contributed by atoms with Crippen molar-refractivity contribution in [2.45, 2.75) is 51.0 Å². The maximum atomic E-state index is 12.8. The third-order valence-corrected chi connectivity index (χ3v) is 8.65. The summed E-state index contributed by atoms with van der Waals surface area (Å²) in [7, 11) is -3.64. The lowest BCUT2D eigenvalue weighted by molar-refractivity contribution is 0.0603. The number of hydrogen-bond donors (Lipinski definition) is 1. The molecule has 156 valence electrons. The predicted octanol–water partition coefficient (Wildman–Crippen LogP) is 3.93. The van der Waals surface area contributed by atoms with Crippen LogP contribution in [0.4, 0.5) is 4.79 Å². The van der Waals surface area contributed by atoms with E-state index < -0.39 is 32.3 Å². The van der Waals surface area contributed by atoms with E-state index in [9.17, 15) is 18.0 Å². The average molecular weight is 514 g/mol. The maximum Gasteiger partial charge on any atom is 0.435 e. The number of carbonyl (C=O) groups is 2. The van der Waals surface area contributed by atoms with Crippen LogP contribution < -0.4 is 5.32 Å². The van der Waals surface area contributed by atoms with Gasteiger partial charge in [0.1, 0.15) is 16.7 Å². The van der Waals surface area contributed by atoms with E-state index >= 15 is 0 Å². The van der Waals surface area contributed by atoms with Gasteiger partial charge in [-0.05, 0) is 40.7 Å². The van der Waals surface area contributed by atoms with Gasteiger partial charge in [-0.2, -0.15) is 4.99 Å². The van der Waals surface area contributed by atoms with Gasteiger partial charge in [0.05, 0.1) is 31.4 Å². The standard InChI is InChI=1S/C17H22BrClN2O5S2/c1-9-14(20-15(23)26-16(2,3)4)21-17(5,8-28(9,24)25)13-10(19)6-12(27-13)11(22)7-18/h6,9H,7-8H2,1-5H3,(H,20,21,23)/t9?,17-/m0/s1. The van der Waals surface area contributed by atoms with Crippen LogP contribution in [0.2, 0.25) is 5.02 Å². The fraction of sp³-hybridized carbons (Fsp3) is 0.588. The molecule has 1 fully saturated rings. The van der Waals surface area contributed by atoms with Crippen molar-refractivity contribution >= 4 is 66.4 Å². The number of nitrogens with one attached hydrogen (secondary N) is 1. The number of ether oxygens (including phenoxy) is 1. The van der Waals surface area contributed by atoms with Crippen LogP contribution in [0.5, 0.6) is 0 Å². The lowest BCUT2D eigenvalue weighted by Crippen LogP contribution is -2.59. The molecule has 0 spiro atoms. The van der Waals surface area contributed by atoms with Crippen molar-refractivity contribution in [1.29, 1.82) is 0 Å². The number of amides is 1.